The predicted octanol–water partition coefficient (Wildman–Crippen LogP) is 2.64. The minimum Gasteiger partial charge on any atom is -0.0991 e. The van der Waals surface area contributed by atoms with E-state index in [0.29, 0.717) is 0 Å². The largest absolute Gasteiger partial charge is 0.0991 e. The highest BCUT2D eigenvalue weighted by molar-refractivity contribution is 9.11. The van der Waals surface area contributed by atoms with E-state index in [1.54, 1.807) is 6.08 Å². The van der Waals surface area contributed by atoms with Crippen LogP contribution in [-0.4, -0.2) is 0 Å². The highest BCUT2D eigenvalue weighted by atomic mass is 79.9. The van der Waals surface area contributed by atoms with Crippen molar-refractivity contribution in [1.29, 1.82) is 0 Å². The summed E-state index contributed by atoms with van der Waals surface area (Å²) in [5, 5.41) is 0. The minimum absolute atomic E-state index is 0.868. The molecule has 0 atom stereocenters. The van der Waals surface area contributed by atoms with Crippen molar-refractivity contribution in [2.75, 3.05) is 0 Å². The summed E-state index contributed by atoms with van der Waals surface area (Å²) < 4.78 is 0.868. The first-order chi connectivity index (χ1) is 3.27. The van der Waals surface area contributed by atoms with Gasteiger partial charge in [-0.2, -0.15) is 0 Å². The minimum atomic E-state index is 0.868. The van der Waals surface area contributed by atoms with E-state index in [-0.39, 0.29) is 0 Å². The zero-order valence-electron chi connectivity index (χ0n) is 4.02. The summed E-state index contributed by atoms with van der Waals surface area (Å²) in [5.74, 6) is 0. The SMILES string of the molecule is C=C/C=C\C(=C)Br. The molecule has 0 amide bonds. The molecule has 7 heavy (non-hydrogen) atoms. The fourth-order valence-corrected chi connectivity index (χ4v) is 0.325. The third-order valence-corrected chi connectivity index (χ3v) is 0.677. The van der Waals surface area contributed by atoms with E-state index in [4.69, 9.17) is 0 Å². The molecule has 0 rings (SSSR count). The van der Waals surface area contributed by atoms with Gasteiger partial charge in [0.2, 0.25) is 0 Å². The number of hydrogen-bond acceptors (Lipinski definition) is 0. The molecule has 0 heterocycles. The number of halogens is 1. The smallest absolute Gasteiger partial charge is 0.0103 e. The second-order valence-corrected chi connectivity index (χ2v) is 2.06. The van der Waals surface area contributed by atoms with Crippen molar-refractivity contribution in [3.8, 4) is 0 Å². The van der Waals surface area contributed by atoms with Crippen molar-refractivity contribution >= 4 is 15.9 Å². The Morgan fingerprint density at radius 3 is 2.29 bits per heavy atom. The van der Waals surface area contributed by atoms with Crippen molar-refractivity contribution in [1.82, 2.24) is 0 Å². The molecule has 0 fully saturated rings. The molecule has 0 aromatic rings. The summed E-state index contributed by atoms with van der Waals surface area (Å²) in [7, 11) is 0. The molecule has 0 spiro atoms. The third-order valence-electron chi connectivity index (χ3n) is 0.413. The average Bonchev–Trinajstić information content (AvgIpc) is 1.61. The maximum absolute atomic E-state index is 3.57. The van der Waals surface area contributed by atoms with Gasteiger partial charge >= 0.3 is 0 Å². The Balaban J connectivity index is 3.46. The van der Waals surface area contributed by atoms with E-state index in [0.717, 1.165) is 4.48 Å². The van der Waals surface area contributed by atoms with Crippen LogP contribution in [0.3, 0.4) is 0 Å². The molecular weight excluding hydrogens is 152 g/mol. The maximum atomic E-state index is 3.57. The van der Waals surface area contributed by atoms with Crippen LogP contribution in [0.15, 0.2) is 35.9 Å². The molecule has 1 heteroatoms. The summed E-state index contributed by atoms with van der Waals surface area (Å²) in [4.78, 5) is 0. The topological polar surface area (TPSA) is 0 Å². The number of hydrogen-bond donors (Lipinski definition) is 0. The molecule has 0 aliphatic carbocycles. The molecule has 0 aliphatic rings. The second kappa shape index (κ2) is 3.88. The lowest BCUT2D eigenvalue weighted by Gasteiger charge is -1.74. The first-order valence-corrected chi connectivity index (χ1v) is 2.70. The molecule has 0 aromatic carbocycles. The van der Waals surface area contributed by atoms with Gasteiger partial charge in [0.15, 0.2) is 0 Å². The fourth-order valence-electron chi connectivity index (χ4n) is 0.172. The molecule has 0 aliphatic heterocycles. The van der Waals surface area contributed by atoms with Crippen molar-refractivity contribution in [3.05, 3.63) is 35.9 Å². The molecule has 38 valence electrons. The van der Waals surface area contributed by atoms with Crippen LogP contribution in [0.2, 0.25) is 0 Å². The van der Waals surface area contributed by atoms with Gasteiger partial charge in [-0.1, -0.05) is 41.2 Å². The molecule has 0 radical (unpaired) electrons. The Morgan fingerprint density at radius 1 is 1.57 bits per heavy atom. The van der Waals surface area contributed by atoms with Gasteiger partial charge in [-0.25, -0.2) is 0 Å². The second-order valence-electron chi connectivity index (χ2n) is 1.04. The number of rotatable bonds is 2. The lowest BCUT2D eigenvalue weighted by molar-refractivity contribution is 1.95. The van der Waals surface area contributed by atoms with E-state index in [9.17, 15) is 0 Å². The van der Waals surface area contributed by atoms with Crippen molar-refractivity contribution in [3.63, 3.8) is 0 Å². The van der Waals surface area contributed by atoms with Crippen LogP contribution >= 0.6 is 15.9 Å². The standard InChI is InChI=1S/C6H7Br/c1-3-4-5-6(2)7/h3-5H,1-2H2/b5-4-. The van der Waals surface area contributed by atoms with Crippen LogP contribution in [-0.2, 0) is 0 Å². The summed E-state index contributed by atoms with van der Waals surface area (Å²) in [5.41, 5.74) is 0. The van der Waals surface area contributed by atoms with E-state index in [1.165, 1.54) is 0 Å². The molecule has 0 unspecified atom stereocenters. The van der Waals surface area contributed by atoms with E-state index in [1.807, 2.05) is 12.2 Å². The summed E-state index contributed by atoms with van der Waals surface area (Å²) in [6.07, 6.45) is 5.34. The summed E-state index contributed by atoms with van der Waals surface area (Å²) in [6.45, 7) is 7.06. The molecule has 0 saturated carbocycles. The molecule has 0 nitrogen and oxygen atoms in total. The van der Waals surface area contributed by atoms with Crippen molar-refractivity contribution in [2.45, 2.75) is 0 Å². The van der Waals surface area contributed by atoms with Gasteiger partial charge in [-0.15, -0.1) is 0 Å². The summed E-state index contributed by atoms with van der Waals surface area (Å²) in [6, 6.07) is 0. The van der Waals surface area contributed by atoms with Crippen LogP contribution in [0, 0.1) is 0 Å². The Hall–Kier alpha value is -0.300. The van der Waals surface area contributed by atoms with E-state index >= 15 is 0 Å². The lowest BCUT2D eigenvalue weighted by atomic mass is 10.5. The van der Waals surface area contributed by atoms with Gasteiger partial charge in [-0.05, 0) is 6.08 Å². The van der Waals surface area contributed by atoms with Crippen LogP contribution in [0.5, 0.6) is 0 Å². The molecule has 0 bridgehead atoms. The third kappa shape index (κ3) is 5.70. The Labute approximate surface area is 52.4 Å². The lowest BCUT2D eigenvalue weighted by Crippen LogP contribution is -1.49. The molecular formula is C6H7Br. The van der Waals surface area contributed by atoms with Crippen molar-refractivity contribution < 1.29 is 0 Å². The normalized spacial score (nSPS) is 9.29. The van der Waals surface area contributed by atoms with Crippen LogP contribution in [0.25, 0.3) is 0 Å². The van der Waals surface area contributed by atoms with E-state index in [2.05, 4.69) is 29.1 Å². The maximum Gasteiger partial charge on any atom is 0.0103 e. The molecule has 0 aromatic heterocycles. The van der Waals surface area contributed by atoms with Crippen LogP contribution in [0.4, 0.5) is 0 Å². The first kappa shape index (κ1) is 6.70. The zero-order chi connectivity index (χ0) is 5.70. The summed E-state index contributed by atoms with van der Waals surface area (Å²) >= 11 is 3.15. The van der Waals surface area contributed by atoms with Gasteiger partial charge in [0, 0.05) is 4.48 Å². The zero-order valence-corrected chi connectivity index (χ0v) is 5.61. The predicted molar refractivity (Wildman–Crippen MR) is 37.4 cm³/mol. The molecule has 0 saturated heterocycles. The van der Waals surface area contributed by atoms with E-state index < -0.39 is 0 Å². The van der Waals surface area contributed by atoms with Gasteiger partial charge in [0.1, 0.15) is 0 Å². The fraction of sp³-hybridized carbons (Fsp3) is 0. The van der Waals surface area contributed by atoms with Gasteiger partial charge in [-0.3, -0.25) is 0 Å². The van der Waals surface area contributed by atoms with Crippen LogP contribution < -0.4 is 0 Å². The molecule has 0 N–H and O–H groups in total. The quantitative estimate of drug-likeness (QED) is 0.543. The van der Waals surface area contributed by atoms with Gasteiger partial charge in [0.05, 0.1) is 0 Å². The van der Waals surface area contributed by atoms with Gasteiger partial charge < -0.3 is 0 Å². The Bertz CT molecular complexity index is 101. The first-order valence-electron chi connectivity index (χ1n) is 1.91. The average molecular weight is 159 g/mol. The van der Waals surface area contributed by atoms with Crippen LogP contribution in [0.1, 0.15) is 0 Å². The number of allylic oxidation sites excluding steroid dienone is 4. The highest BCUT2D eigenvalue weighted by Crippen LogP contribution is 2.00. The monoisotopic (exact) mass is 158 g/mol. The van der Waals surface area contributed by atoms with Gasteiger partial charge in [0.25, 0.3) is 0 Å². The Morgan fingerprint density at radius 2 is 2.14 bits per heavy atom. The Kier molecular flexibility index (Phi) is 3.71. The highest BCUT2D eigenvalue weighted by Gasteiger charge is 1.68. The van der Waals surface area contributed by atoms with Crippen molar-refractivity contribution in [2.24, 2.45) is 0 Å².